The van der Waals surface area contributed by atoms with Gasteiger partial charge in [-0.15, -0.1) is 0 Å². The van der Waals surface area contributed by atoms with Gasteiger partial charge in [-0.05, 0) is 12.8 Å². The second kappa shape index (κ2) is 2.58. The maximum Gasteiger partial charge on any atom is 0.257 e. The highest BCUT2D eigenvalue weighted by atomic mass is 16.7. The molecule has 1 fully saturated rings. The molecule has 0 spiro atoms. The lowest BCUT2D eigenvalue weighted by Crippen LogP contribution is -2.23. The molecular weight excluding hydrogens is 154 g/mol. The van der Waals surface area contributed by atoms with E-state index in [1.54, 1.807) is 6.92 Å². The molecule has 2 aliphatic rings. The van der Waals surface area contributed by atoms with E-state index in [0.717, 1.165) is 12.8 Å². The van der Waals surface area contributed by atoms with Crippen LogP contribution < -0.4 is 0 Å². The number of ether oxygens (including phenoxy) is 2. The van der Waals surface area contributed by atoms with Gasteiger partial charge in [0.05, 0.1) is 6.10 Å². The minimum absolute atomic E-state index is 0.0107. The van der Waals surface area contributed by atoms with E-state index in [0.29, 0.717) is 0 Å². The molecular formula is C9H11NO2. The molecule has 0 saturated carbocycles. The number of nitrogens with zero attached hydrogens (tertiary/aromatic N) is 1. The highest BCUT2D eigenvalue weighted by Crippen LogP contribution is 2.33. The van der Waals surface area contributed by atoms with Gasteiger partial charge in [-0.3, -0.25) is 0 Å². The smallest absolute Gasteiger partial charge is 0.257 e. The minimum atomic E-state index is -1.02. The standard InChI is InChI=1S/C9H11NO2/c1-9(6-10)11-7-4-2-3-5-8(7)12-9/h2,4,7-8H,3,5H2,1H3/t7-,8+,9?/m0/s1. The van der Waals surface area contributed by atoms with Crippen molar-refractivity contribution in [2.45, 2.75) is 37.8 Å². The van der Waals surface area contributed by atoms with Gasteiger partial charge in [-0.2, -0.15) is 5.26 Å². The van der Waals surface area contributed by atoms with Gasteiger partial charge in [0.1, 0.15) is 12.2 Å². The molecule has 1 heterocycles. The van der Waals surface area contributed by atoms with Crippen molar-refractivity contribution in [3.05, 3.63) is 12.2 Å². The van der Waals surface area contributed by atoms with Crippen molar-refractivity contribution in [2.75, 3.05) is 0 Å². The summed E-state index contributed by atoms with van der Waals surface area (Å²) in [5.74, 6) is -1.02. The first-order valence-corrected chi connectivity index (χ1v) is 4.17. The molecule has 0 radical (unpaired) electrons. The van der Waals surface area contributed by atoms with Gasteiger partial charge in [0.2, 0.25) is 0 Å². The second-order valence-electron chi connectivity index (χ2n) is 3.30. The topological polar surface area (TPSA) is 42.2 Å². The zero-order valence-corrected chi connectivity index (χ0v) is 6.99. The summed E-state index contributed by atoms with van der Waals surface area (Å²) in [6, 6.07) is 2.02. The average molecular weight is 165 g/mol. The summed E-state index contributed by atoms with van der Waals surface area (Å²) < 4.78 is 10.9. The summed E-state index contributed by atoms with van der Waals surface area (Å²) in [4.78, 5) is 0. The molecule has 2 rings (SSSR count). The number of fused-ring (bicyclic) bond motifs is 1. The fraction of sp³-hybridized carbons (Fsp3) is 0.667. The largest absolute Gasteiger partial charge is 0.332 e. The fourth-order valence-electron chi connectivity index (χ4n) is 1.65. The molecule has 0 aromatic carbocycles. The molecule has 1 saturated heterocycles. The third kappa shape index (κ3) is 1.13. The highest BCUT2D eigenvalue weighted by molar-refractivity contribution is 5.07. The Hall–Kier alpha value is -0.850. The van der Waals surface area contributed by atoms with E-state index in [1.807, 2.05) is 12.1 Å². The maximum absolute atomic E-state index is 8.75. The Kier molecular flexibility index (Phi) is 1.67. The number of allylic oxidation sites excluding steroid dienone is 1. The molecule has 0 bridgehead atoms. The molecule has 0 aromatic heterocycles. The fourth-order valence-corrected chi connectivity index (χ4v) is 1.65. The first-order valence-electron chi connectivity index (χ1n) is 4.17. The summed E-state index contributed by atoms with van der Waals surface area (Å²) in [7, 11) is 0. The minimum Gasteiger partial charge on any atom is -0.332 e. The first-order chi connectivity index (χ1) is 5.73. The van der Waals surface area contributed by atoms with Gasteiger partial charge in [0.25, 0.3) is 5.79 Å². The average Bonchev–Trinajstić information content (AvgIpc) is 2.42. The monoisotopic (exact) mass is 165 g/mol. The van der Waals surface area contributed by atoms with Crippen molar-refractivity contribution in [1.82, 2.24) is 0 Å². The predicted octanol–water partition coefficient (Wildman–Crippen LogP) is 1.36. The summed E-state index contributed by atoms with van der Waals surface area (Å²) in [5.41, 5.74) is 0. The SMILES string of the molecule is CC1(C#N)O[C@H]2C=CCC[C@H]2O1. The molecule has 3 atom stereocenters. The van der Waals surface area contributed by atoms with E-state index in [2.05, 4.69) is 6.08 Å². The van der Waals surface area contributed by atoms with Crippen LogP contribution in [-0.2, 0) is 9.47 Å². The normalized spacial score (nSPS) is 45.3. The quantitative estimate of drug-likeness (QED) is 0.509. The van der Waals surface area contributed by atoms with E-state index < -0.39 is 5.79 Å². The van der Waals surface area contributed by atoms with Crippen LogP contribution in [0.5, 0.6) is 0 Å². The van der Waals surface area contributed by atoms with Crippen LogP contribution in [0, 0.1) is 11.3 Å². The summed E-state index contributed by atoms with van der Waals surface area (Å²) in [6.07, 6.45) is 6.11. The zero-order valence-electron chi connectivity index (χ0n) is 6.99. The summed E-state index contributed by atoms with van der Waals surface area (Å²) >= 11 is 0. The molecule has 1 unspecified atom stereocenters. The number of hydrogen-bond donors (Lipinski definition) is 0. The van der Waals surface area contributed by atoms with Gasteiger partial charge in [-0.1, -0.05) is 12.2 Å². The third-order valence-corrected chi connectivity index (χ3v) is 2.25. The number of nitriles is 1. The van der Waals surface area contributed by atoms with Crippen molar-refractivity contribution in [3.8, 4) is 6.07 Å². The molecule has 0 aromatic rings. The molecule has 0 N–H and O–H groups in total. The van der Waals surface area contributed by atoms with Crippen LogP contribution in [0.4, 0.5) is 0 Å². The lowest BCUT2D eigenvalue weighted by Gasteiger charge is -2.15. The highest BCUT2D eigenvalue weighted by Gasteiger charge is 2.44. The summed E-state index contributed by atoms with van der Waals surface area (Å²) in [5, 5.41) is 8.75. The Bertz CT molecular complexity index is 256. The third-order valence-electron chi connectivity index (χ3n) is 2.25. The van der Waals surface area contributed by atoms with E-state index in [9.17, 15) is 0 Å². The summed E-state index contributed by atoms with van der Waals surface area (Å²) in [6.45, 7) is 1.67. The van der Waals surface area contributed by atoms with Crippen LogP contribution in [0.1, 0.15) is 19.8 Å². The van der Waals surface area contributed by atoms with Gasteiger partial charge in [-0.25, -0.2) is 0 Å². The molecule has 3 heteroatoms. The maximum atomic E-state index is 8.75. The number of hydrogen-bond acceptors (Lipinski definition) is 3. The Labute approximate surface area is 71.6 Å². The Balaban J connectivity index is 2.16. The van der Waals surface area contributed by atoms with Crippen LogP contribution >= 0.6 is 0 Å². The van der Waals surface area contributed by atoms with E-state index in [-0.39, 0.29) is 12.2 Å². The second-order valence-corrected chi connectivity index (χ2v) is 3.30. The van der Waals surface area contributed by atoms with Crippen molar-refractivity contribution < 1.29 is 9.47 Å². The van der Waals surface area contributed by atoms with Crippen LogP contribution in [0.25, 0.3) is 0 Å². The Morgan fingerprint density at radius 2 is 2.42 bits per heavy atom. The van der Waals surface area contributed by atoms with Crippen LogP contribution in [0.2, 0.25) is 0 Å². The van der Waals surface area contributed by atoms with Crippen molar-refractivity contribution in [1.29, 1.82) is 5.26 Å². The molecule has 3 nitrogen and oxygen atoms in total. The molecule has 1 aliphatic heterocycles. The Morgan fingerprint density at radius 3 is 3.08 bits per heavy atom. The lowest BCUT2D eigenvalue weighted by atomic mass is 10.0. The molecule has 12 heavy (non-hydrogen) atoms. The van der Waals surface area contributed by atoms with Gasteiger partial charge >= 0.3 is 0 Å². The molecule has 64 valence electrons. The van der Waals surface area contributed by atoms with E-state index in [1.165, 1.54) is 0 Å². The van der Waals surface area contributed by atoms with E-state index >= 15 is 0 Å². The van der Waals surface area contributed by atoms with Crippen LogP contribution in [0.3, 0.4) is 0 Å². The van der Waals surface area contributed by atoms with Crippen LogP contribution in [-0.4, -0.2) is 18.0 Å². The predicted molar refractivity (Wildman–Crippen MR) is 42.1 cm³/mol. The lowest BCUT2D eigenvalue weighted by molar-refractivity contribution is -0.111. The van der Waals surface area contributed by atoms with Crippen molar-refractivity contribution in [3.63, 3.8) is 0 Å². The van der Waals surface area contributed by atoms with Crippen molar-refractivity contribution >= 4 is 0 Å². The van der Waals surface area contributed by atoms with Crippen molar-refractivity contribution in [2.24, 2.45) is 0 Å². The Morgan fingerprint density at radius 1 is 1.58 bits per heavy atom. The molecule has 0 amide bonds. The number of rotatable bonds is 0. The van der Waals surface area contributed by atoms with Gasteiger partial charge in [0, 0.05) is 6.92 Å². The molecule has 1 aliphatic carbocycles. The zero-order chi connectivity index (χ0) is 8.60. The van der Waals surface area contributed by atoms with E-state index in [4.69, 9.17) is 14.7 Å². The van der Waals surface area contributed by atoms with Gasteiger partial charge < -0.3 is 9.47 Å². The van der Waals surface area contributed by atoms with Crippen LogP contribution in [0.15, 0.2) is 12.2 Å². The first kappa shape index (κ1) is 7.78. The van der Waals surface area contributed by atoms with Gasteiger partial charge in [0.15, 0.2) is 0 Å².